The largest absolute Gasteiger partial charge is 0.345 e. The summed E-state index contributed by atoms with van der Waals surface area (Å²) in [6.45, 7) is 1.84. The van der Waals surface area contributed by atoms with Crippen LogP contribution in [0.5, 0.6) is 0 Å². The number of nitro benzene ring substituents is 1. The third-order valence-electron chi connectivity index (χ3n) is 3.36. The van der Waals surface area contributed by atoms with Crippen LogP contribution in [0.1, 0.15) is 28.9 Å². The van der Waals surface area contributed by atoms with E-state index < -0.39 is 10.8 Å². The summed E-state index contributed by atoms with van der Waals surface area (Å²) < 4.78 is 0.875. The summed E-state index contributed by atoms with van der Waals surface area (Å²) in [5, 5.41) is 14.0. The lowest BCUT2D eigenvalue weighted by Crippen LogP contribution is -2.27. The summed E-state index contributed by atoms with van der Waals surface area (Å²) in [6.07, 6.45) is 1.85. The number of nitrogens with zero attached hydrogens (tertiary/aromatic N) is 1. The van der Waals surface area contributed by atoms with Crippen LogP contribution in [0.4, 0.5) is 5.69 Å². The molecule has 0 saturated heterocycles. The Hall–Kier alpha value is -1.86. The van der Waals surface area contributed by atoms with Crippen LogP contribution in [0.3, 0.4) is 0 Å². The number of halogens is 1. The maximum atomic E-state index is 12.5. The van der Waals surface area contributed by atoms with Crippen LogP contribution in [0, 0.1) is 10.1 Å². The second-order valence-electron chi connectivity index (χ2n) is 4.86. The Bertz CT molecular complexity index is 752. The van der Waals surface area contributed by atoms with E-state index in [0.717, 1.165) is 14.9 Å². The molecular weight excluding hydrogens is 380 g/mol. The van der Waals surface area contributed by atoms with Crippen LogP contribution in [0.15, 0.2) is 51.8 Å². The number of rotatable bonds is 5. The molecule has 0 fully saturated rings. The zero-order chi connectivity index (χ0) is 17.0. The standard InChI is InChI=1S/C16H15BrN2O3S/c1-10(12-5-3-4-6-14(12)17)18-16(20)13-9-11(23-2)7-8-15(13)19(21)22/h3-10H,1-2H3,(H,18,20). The maximum Gasteiger partial charge on any atom is 0.282 e. The van der Waals surface area contributed by atoms with Crippen LogP contribution < -0.4 is 5.32 Å². The van der Waals surface area contributed by atoms with Gasteiger partial charge in [-0.25, -0.2) is 0 Å². The van der Waals surface area contributed by atoms with Crippen molar-refractivity contribution in [2.24, 2.45) is 0 Å². The highest BCUT2D eigenvalue weighted by atomic mass is 79.9. The molecule has 0 saturated carbocycles. The second kappa shape index (κ2) is 7.61. The van der Waals surface area contributed by atoms with E-state index in [-0.39, 0.29) is 17.3 Å². The molecule has 0 aromatic heterocycles. The van der Waals surface area contributed by atoms with Crippen molar-refractivity contribution in [2.75, 3.05) is 6.26 Å². The first-order chi connectivity index (χ1) is 10.9. The van der Waals surface area contributed by atoms with E-state index in [4.69, 9.17) is 0 Å². The van der Waals surface area contributed by atoms with Crippen molar-refractivity contribution in [3.63, 3.8) is 0 Å². The fourth-order valence-corrected chi connectivity index (χ4v) is 3.23. The number of thioether (sulfide) groups is 1. The molecule has 0 radical (unpaired) electrons. The van der Waals surface area contributed by atoms with Gasteiger partial charge in [0.1, 0.15) is 5.56 Å². The number of amides is 1. The van der Waals surface area contributed by atoms with Crippen LogP contribution in [0.25, 0.3) is 0 Å². The van der Waals surface area contributed by atoms with E-state index in [1.165, 1.54) is 17.8 Å². The Morgan fingerprint density at radius 3 is 2.61 bits per heavy atom. The zero-order valence-electron chi connectivity index (χ0n) is 12.6. The zero-order valence-corrected chi connectivity index (χ0v) is 15.0. The van der Waals surface area contributed by atoms with Crippen molar-refractivity contribution in [3.05, 3.63) is 68.2 Å². The highest BCUT2D eigenvalue weighted by Gasteiger charge is 2.22. The molecule has 7 heteroatoms. The minimum absolute atomic E-state index is 0.0701. The number of carbonyl (C=O) groups excluding carboxylic acids is 1. The predicted octanol–water partition coefficient (Wildman–Crippen LogP) is 4.57. The molecule has 1 unspecified atom stereocenters. The molecule has 1 N–H and O–H groups in total. The minimum atomic E-state index is -0.540. The fourth-order valence-electron chi connectivity index (χ4n) is 2.16. The van der Waals surface area contributed by atoms with Gasteiger partial charge in [0.05, 0.1) is 11.0 Å². The molecular formula is C16H15BrN2O3S. The summed E-state index contributed by atoms with van der Waals surface area (Å²) in [7, 11) is 0. The van der Waals surface area contributed by atoms with Crippen molar-refractivity contribution in [3.8, 4) is 0 Å². The highest BCUT2D eigenvalue weighted by Crippen LogP contribution is 2.27. The van der Waals surface area contributed by atoms with Gasteiger partial charge in [0.2, 0.25) is 0 Å². The van der Waals surface area contributed by atoms with Gasteiger partial charge < -0.3 is 5.32 Å². The summed E-state index contributed by atoms with van der Waals surface area (Å²) >= 11 is 4.87. The van der Waals surface area contributed by atoms with Gasteiger partial charge in [0, 0.05) is 15.4 Å². The monoisotopic (exact) mass is 394 g/mol. The predicted molar refractivity (Wildman–Crippen MR) is 94.9 cm³/mol. The van der Waals surface area contributed by atoms with Crippen LogP contribution in [-0.2, 0) is 0 Å². The van der Waals surface area contributed by atoms with Gasteiger partial charge in [0.25, 0.3) is 11.6 Å². The normalized spacial score (nSPS) is 11.8. The average Bonchev–Trinajstić information content (AvgIpc) is 2.54. The number of hydrogen-bond acceptors (Lipinski definition) is 4. The summed E-state index contributed by atoms with van der Waals surface area (Å²) in [5.74, 6) is -0.462. The molecule has 120 valence electrons. The Kier molecular flexibility index (Phi) is 5.79. The fraction of sp³-hybridized carbons (Fsp3) is 0.188. The van der Waals surface area contributed by atoms with Crippen LogP contribution >= 0.6 is 27.7 Å². The van der Waals surface area contributed by atoms with Crippen molar-refractivity contribution in [1.82, 2.24) is 5.32 Å². The third-order valence-corrected chi connectivity index (χ3v) is 4.81. The summed E-state index contributed by atoms with van der Waals surface area (Å²) in [5.41, 5.74) is 0.782. The molecule has 5 nitrogen and oxygen atoms in total. The molecule has 1 amide bonds. The van der Waals surface area contributed by atoms with Crippen molar-refractivity contribution >= 4 is 39.3 Å². The van der Waals surface area contributed by atoms with Gasteiger partial charge in [-0.1, -0.05) is 34.1 Å². The molecule has 0 aliphatic rings. The van der Waals surface area contributed by atoms with E-state index >= 15 is 0 Å². The molecule has 0 bridgehead atoms. The first-order valence-electron chi connectivity index (χ1n) is 6.81. The van der Waals surface area contributed by atoms with Gasteiger partial charge in [-0.05, 0) is 36.9 Å². The lowest BCUT2D eigenvalue weighted by Gasteiger charge is -2.16. The molecule has 0 spiro atoms. The van der Waals surface area contributed by atoms with Gasteiger partial charge in [-0.2, -0.15) is 0 Å². The van der Waals surface area contributed by atoms with Crippen molar-refractivity contribution in [2.45, 2.75) is 17.9 Å². The Morgan fingerprint density at radius 1 is 1.30 bits per heavy atom. The molecule has 2 aromatic carbocycles. The molecule has 0 aliphatic heterocycles. The number of benzene rings is 2. The molecule has 23 heavy (non-hydrogen) atoms. The number of hydrogen-bond donors (Lipinski definition) is 1. The minimum Gasteiger partial charge on any atom is -0.345 e. The van der Waals surface area contributed by atoms with Crippen LogP contribution in [0.2, 0.25) is 0 Å². The number of carbonyl (C=O) groups is 1. The van der Waals surface area contributed by atoms with E-state index in [1.807, 2.05) is 37.4 Å². The van der Waals surface area contributed by atoms with Crippen LogP contribution in [-0.4, -0.2) is 17.1 Å². The molecule has 2 aromatic rings. The van der Waals surface area contributed by atoms with Gasteiger partial charge in [0.15, 0.2) is 0 Å². The lowest BCUT2D eigenvalue weighted by atomic mass is 10.1. The smallest absolute Gasteiger partial charge is 0.282 e. The maximum absolute atomic E-state index is 12.5. The SMILES string of the molecule is CSc1ccc([N+](=O)[O-])c(C(=O)NC(C)c2ccccc2Br)c1. The van der Waals surface area contributed by atoms with E-state index in [1.54, 1.807) is 12.1 Å². The Morgan fingerprint density at radius 2 is 2.00 bits per heavy atom. The third kappa shape index (κ3) is 4.11. The Balaban J connectivity index is 2.30. The molecule has 2 rings (SSSR count). The molecule has 1 atom stereocenters. The number of nitro groups is 1. The summed E-state index contributed by atoms with van der Waals surface area (Å²) in [4.78, 5) is 23.9. The molecule has 0 heterocycles. The topological polar surface area (TPSA) is 72.2 Å². The molecule has 0 aliphatic carbocycles. The van der Waals surface area contributed by atoms with Gasteiger partial charge >= 0.3 is 0 Å². The first kappa shape index (κ1) is 17.5. The number of nitrogens with one attached hydrogen (secondary N) is 1. The lowest BCUT2D eigenvalue weighted by molar-refractivity contribution is -0.385. The second-order valence-corrected chi connectivity index (χ2v) is 6.59. The van der Waals surface area contributed by atoms with E-state index in [0.29, 0.717) is 0 Å². The van der Waals surface area contributed by atoms with E-state index in [9.17, 15) is 14.9 Å². The van der Waals surface area contributed by atoms with Gasteiger partial charge in [-0.15, -0.1) is 11.8 Å². The average molecular weight is 395 g/mol. The first-order valence-corrected chi connectivity index (χ1v) is 8.83. The highest BCUT2D eigenvalue weighted by molar-refractivity contribution is 9.10. The quantitative estimate of drug-likeness (QED) is 0.457. The van der Waals surface area contributed by atoms with Gasteiger partial charge in [-0.3, -0.25) is 14.9 Å². The van der Waals surface area contributed by atoms with Crippen molar-refractivity contribution < 1.29 is 9.72 Å². The summed E-state index contributed by atoms with van der Waals surface area (Å²) in [6, 6.07) is 11.8. The Labute approximate surface area is 146 Å². The van der Waals surface area contributed by atoms with E-state index in [2.05, 4.69) is 21.2 Å². The van der Waals surface area contributed by atoms with Crippen molar-refractivity contribution in [1.29, 1.82) is 0 Å².